The monoisotopic (exact) mass is 214 g/mol. The average Bonchev–Trinajstić information content (AvgIpc) is 2.24. The van der Waals surface area contributed by atoms with Crippen molar-refractivity contribution in [3.8, 4) is 5.75 Å². The summed E-state index contributed by atoms with van der Waals surface area (Å²) in [5.74, 6) is 0.241. The van der Waals surface area contributed by atoms with E-state index in [1.165, 1.54) is 0 Å². The number of rotatable bonds is 2. The third-order valence-corrected chi connectivity index (χ3v) is 2.41. The van der Waals surface area contributed by atoms with Crippen molar-refractivity contribution in [2.24, 2.45) is 0 Å². The Kier molecular flexibility index (Phi) is 2.68. The van der Waals surface area contributed by atoms with Crippen LogP contribution >= 0.6 is 0 Å². The molecule has 16 heavy (non-hydrogen) atoms. The Morgan fingerprint density at radius 3 is 2.50 bits per heavy atom. The molecule has 0 heterocycles. The summed E-state index contributed by atoms with van der Waals surface area (Å²) in [7, 11) is 0. The quantitative estimate of drug-likeness (QED) is 0.673. The number of benzene rings is 2. The molecular formula is C13H14N2O. The van der Waals surface area contributed by atoms with E-state index in [4.69, 9.17) is 5.73 Å². The standard InChI is InChI=1S/C13H14N2O/c1-9-5-6-11(8-13(9)14)15-10-3-2-4-12(16)7-10/h2-8,15-16H,14H2,1H3. The number of phenols is 1. The number of hydrogen-bond acceptors (Lipinski definition) is 3. The lowest BCUT2D eigenvalue weighted by atomic mass is 10.2. The smallest absolute Gasteiger partial charge is 0.117 e. The number of hydrogen-bond donors (Lipinski definition) is 3. The zero-order valence-electron chi connectivity index (χ0n) is 9.07. The fourth-order valence-corrected chi connectivity index (χ4v) is 1.47. The number of aromatic hydroxyl groups is 1. The van der Waals surface area contributed by atoms with E-state index in [1.54, 1.807) is 18.2 Å². The second-order valence-corrected chi connectivity index (χ2v) is 3.75. The Hall–Kier alpha value is -2.16. The molecule has 3 nitrogen and oxygen atoms in total. The topological polar surface area (TPSA) is 58.3 Å². The van der Waals surface area contributed by atoms with E-state index in [0.717, 1.165) is 22.6 Å². The molecule has 0 saturated carbocycles. The van der Waals surface area contributed by atoms with Gasteiger partial charge in [0, 0.05) is 23.1 Å². The summed E-state index contributed by atoms with van der Waals surface area (Å²) in [6.45, 7) is 1.97. The lowest BCUT2D eigenvalue weighted by molar-refractivity contribution is 0.475. The summed E-state index contributed by atoms with van der Waals surface area (Å²) in [5, 5.41) is 12.5. The van der Waals surface area contributed by atoms with Gasteiger partial charge >= 0.3 is 0 Å². The summed E-state index contributed by atoms with van der Waals surface area (Å²) in [4.78, 5) is 0. The number of aryl methyl sites for hydroxylation is 1. The molecule has 0 aliphatic carbocycles. The summed E-state index contributed by atoms with van der Waals surface area (Å²) >= 11 is 0. The number of phenolic OH excluding ortho intramolecular Hbond substituents is 1. The van der Waals surface area contributed by atoms with E-state index in [2.05, 4.69) is 5.32 Å². The molecule has 82 valence electrons. The van der Waals surface area contributed by atoms with E-state index in [9.17, 15) is 5.11 Å². The zero-order valence-corrected chi connectivity index (χ0v) is 9.07. The van der Waals surface area contributed by atoms with Crippen LogP contribution in [0.1, 0.15) is 5.56 Å². The molecule has 0 aromatic heterocycles. The van der Waals surface area contributed by atoms with Crippen molar-refractivity contribution in [2.75, 3.05) is 11.1 Å². The normalized spacial score (nSPS) is 10.1. The van der Waals surface area contributed by atoms with Gasteiger partial charge in [-0.2, -0.15) is 0 Å². The van der Waals surface area contributed by atoms with Crippen LogP contribution in [-0.4, -0.2) is 5.11 Å². The van der Waals surface area contributed by atoms with Crippen LogP contribution in [0, 0.1) is 6.92 Å². The highest BCUT2D eigenvalue weighted by molar-refractivity contribution is 5.66. The largest absolute Gasteiger partial charge is 0.508 e. The molecule has 0 saturated heterocycles. The van der Waals surface area contributed by atoms with Crippen molar-refractivity contribution in [3.63, 3.8) is 0 Å². The van der Waals surface area contributed by atoms with Crippen molar-refractivity contribution >= 4 is 17.1 Å². The summed E-state index contributed by atoms with van der Waals surface area (Å²) in [6.07, 6.45) is 0. The highest BCUT2D eigenvalue weighted by Crippen LogP contribution is 2.23. The Morgan fingerprint density at radius 2 is 1.81 bits per heavy atom. The van der Waals surface area contributed by atoms with Crippen LogP contribution in [0.15, 0.2) is 42.5 Å². The molecule has 0 amide bonds. The predicted molar refractivity (Wildman–Crippen MR) is 67.0 cm³/mol. The van der Waals surface area contributed by atoms with Crippen LogP contribution in [-0.2, 0) is 0 Å². The van der Waals surface area contributed by atoms with Crippen molar-refractivity contribution in [1.29, 1.82) is 0 Å². The van der Waals surface area contributed by atoms with E-state index in [1.807, 2.05) is 31.2 Å². The molecule has 0 spiro atoms. The molecule has 0 unspecified atom stereocenters. The lowest BCUT2D eigenvalue weighted by Crippen LogP contribution is -1.94. The summed E-state index contributed by atoms with van der Waals surface area (Å²) < 4.78 is 0. The van der Waals surface area contributed by atoms with Gasteiger partial charge in [-0.05, 0) is 36.8 Å². The molecule has 3 heteroatoms. The molecule has 4 N–H and O–H groups in total. The van der Waals surface area contributed by atoms with E-state index in [0.29, 0.717) is 0 Å². The van der Waals surface area contributed by atoms with E-state index >= 15 is 0 Å². The second kappa shape index (κ2) is 4.14. The van der Waals surface area contributed by atoms with Crippen LogP contribution in [0.25, 0.3) is 0 Å². The van der Waals surface area contributed by atoms with Crippen molar-refractivity contribution in [2.45, 2.75) is 6.92 Å². The molecular weight excluding hydrogens is 200 g/mol. The fraction of sp³-hybridized carbons (Fsp3) is 0.0769. The SMILES string of the molecule is Cc1ccc(Nc2cccc(O)c2)cc1N. The fourth-order valence-electron chi connectivity index (χ4n) is 1.47. The van der Waals surface area contributed by atoms with Gasteiger partial charge in [-0.25, -0.2) is 0 Å². The van der Waals surface area contributed by atoms with Gasteiger partial charge < -0.3 is 16.2 Å². The van der Waals surface area contributed by atoms with Gasteiger partial charge in [0.05, 0.1) is 0 Å². The average molecular weight is 214 g/mol. The number of nitrogens with two attached hydrogens (primary N) is 1. The van der Waals surface area contributed by atoms with Crippen LogP contribution in [0.4, 0.5) is 17.1 Å². The second-order valence-electron chi connectivity index (χ2n) is 3.75. The van der Waals surface area contributed by atoms with Gasteiger partial charge in [-0.15, -0.1) is 0 Å². The maximum atomic E-state index is 9.33. The molecule has 0 bridgehead atoms. The first-order valence-corrected chi connectivity index (χ1v) is 5.07. The minimum absolute atomic E-state index is 0.241. The van der Waals surface area contributed by atoms with Gasteiger partial charge in [0.15, 0.2) is 0 Å². The minimum Gasteiger partial charge on any atom is -0.508 e. The van der Waals surface area contributed by atoms with Gasteiger partial charge in [0.2, 0.25) is 0 Å². The maximum absolute atomic E-state index is 9.33. The van der Waals surface area contributed by atoms with Gasteiger partial charge in [-0.3, -0.25) is 0 Å². The Labute approximate surface area is 94.5 Å². The first-order chi connectivity index (χ1) is 7.65. The maximum Gasteiger partial charge on any atom is 0.117 e. The lowest BCUT2D eigenvalue weighted by Gasteiger charge is -2.08. The first-order valence-electron chi connectivity index (χ1n) is 5.07. The van der Waals surface area contributed by atoms with Gasteiger partial charge in [0.25, 0.3) is 0 Å². The third kappa shape index (κ3) is 2.25. The van der Waals surface area contributed by atoms with E-state index < -0.39 is 0 Å². The Balaban J connectivity index is 2.24. The third-order valence-electron chi connectivity index (χ3n) is 2.41. The van der Waals surface area contributed by atoms with E-state index in [-0.39, 0.29) is 5.75 Å². The van der Waals surface area contributed by atoms with Gasteiger partial charge in [-0.1, -0.05) is 12.1 Å². The molecule has 0 fully saturated rings. The zero-order chi connectivity index (χ0) is 11.5. The number of anilines is 3. The first kappa shape index (κ1) is 10.4. The molecule has 0 aliphatic heterocycles. The van der Waals surface area contributed by atoms with Crippen molar-refractivity contribution in [3.05, 3.63) is 48.0 Å². The Morgan fingerprint density at radius 1 is 1.06 bits per heavy atom. The van der Waals surface area contributed by atoms with Crippen molar-refractivity contribution < 1.29 is 5.11 Å². The van der Waals surface area contributed by atoms with Crippen LogP contribution in [0.5, 0.6) is 5.75 Å². The molecule has 2 rings (SSSR count). The predicted octanol–water partition coefficient (Wildman–Crippen LogP) is 3.03. The summed E-state index contributed by atoms with van der Waals surface area (Å²) in [5.41, 5.74) is 9.37. The molecule has 0 atom stereocenters. The van der Waals surface area contributed by atoms with Crippen molar-refractivity contribution in [1.82, 2.24) is 0 Å². The molecule has 2 aromatic rings. The minimum atomic E-state index is 0.241. The highest BCUT2D eigenvalue weighted by Gasteiger charge is 1.98. The number of nitrogens with one attached hydrogen (secondary N) is 1. The molecule has 0 aliphatic rings. The highest BCUT2D eigenvalue weighted by atomic mass is 16.3. The summed E-state index contributed by atoms with van der Waals surface area (Å²) in [6, 6.07) is 12.8. The molecule has 2 aromatic carbocycles. The van der Waals surface area contributed by atoms with Crippen LogP contribution in [0.2, 0.25) is 0 Å². The van der Waals surface area contributed by atoms with Gasteiger partial charge in [0.1, 0.15) is 5.75 Å². The molecule has 0 radical (unpaired) electrons. The van der Waals surface area contributed by atoms with Crippen LogP contribution in [0.3, 0.4) is 0 Å². The Bertz CT molecular complexity index is 509. The van der Waals surface area contributed by atoms with Crippen LogP contribution < -0.4 is 11.1 Å². The number of nitrogen functional groups attached to an aromatic ring is 1.